The van der Waals surface area contributed by atoms with Crippen LogP contribution in [-0.2, 0) is 17.1 Å². The molecule has 1 radical (unpaired) electrons. The molecule has 0 N–H and O–H groups in total. The van der Waals surface area contributed by atoms with Gasteiger partial charge in [-0.1, -0.05) is 24.3 Å². The first-order chi connectivity index (χ1) is 23.0. The number of benzene rings is 4. The Kier molecular flexibility index (Phi) is 6.90. The summed E-state index contributed by atoms with van der Waals surface area (Å²) in [6, 6.07) is 17.2. The second kappa shape index (κ2) is 10.9. The van der Waals surface area contributed by atoms with Crippen molar-refractivity contribution in [3.05, 3.63) is 93.0 Å². The molecule has 0 spiro atoms. The van der Waals surface area contributed by atoms with Crippen LogP contribution in [0, 0.1) is 55.4 Å². The van der Waals surface area contributed by atoms with Crippen molar-refractivity contribution in [2.45, 2.75) is 55.4 Å². The summed E-state index contributed by atoms with van der Waals surface area (Å²) < 4.78 is 0. The summed E-state index contributed by atoms with van der Waals surface area (Å²) in [4.78, 5) is 40.8. The van der Waals surface area contributed by atoms with Gasteiger partial charge in [-0.15, -0.1) is 0 Å². The van der Waals surface area contributed by atoms with Gasteiger partial charge in [0.25, 0.3) is 0 Å². The summed E-state index contributed by atoms with van der Waals surface area (Å²) in [6.45, 7) is 16.9. The van der Waals surface area contributed by atoms with Crippen molar-refractivity contribution in [1.29, 1.82) is 0 Å². The molecule has 9 rings (SSSR count). The smallest absolute Gasteiger partial charge is 0.357 e. The van der Waals surface area contributed by atoms with Crippen molar-refractivity contribution < 1.29 is 17.1 Å². The van der Waals surface area contributed by atoms with E-state index in [2.05, 4.69) is 104 Å². The second-order valence-corrected chi connectivity index (χ2v) is 13.4. The Balaban J connectivity index is 0.00000348. The molecule has 7 aromatic rings. The SMILES string of the molecule is Cc1cc2c(cc1C)-c1nc-2nc2[n-]c(nc3nc(nc4[n-]c(n1)c1cc(C)c(C)cc41)-c1cc(C)c(C)cc1-3)c1cc(C)c(C)cc21.[Cu+2]. The molecule has 8 bridgehead atoms. The Morgan fingerprint density at radius 2 is 0.510 bits per heavy atom. The molecule has 0 amide bonds. The van der Waals surface area contributed by atoms with Crippen LogP contribution in [0.15, 0.2) is 48.5 Å². The fraction of sp³-hybridized carbons (Fsp3) is 0.200. The van der Waals surface area contributed by atoms with Crippen LogP contribution < -0.4 is 9.97 Å². The van der Waals surface area contributed by atoms with Crippen LogP contribution in [0.1, 0.15) is 44.5 Å². The molecule has 9 heteroatoms. The molecule has 2 aliphatic rings. The van der Waals surface area contributed by atoms with Gasteiger partial charge in [-0.25, -0.2) is 9.97 Å². The third kappa shape index (κ3) is 4.71. The maximum absolute atomic E-state index is 5.14. The van der Waals surface area contributed by atoms with Gasteiger partial charge in [-0.2, -0.15) is 0 Å². The van der Waals surface area contributed by atoms with Crippen LogP contribution in [0.4, 0.5) is 0 Å². The molecular formula is C40H32CuN8. The van der Waals surface area contributed by atoms with E-state index in [9.17, 15) is 0 Å². The third-order valence-corrected chi connectivity index (χ3v) is 10.2. The Labute approximate surface area is 294 Å². The summed E-state index contributed by atoms with van der Waals surface area (Å²) >= 11 is 0. The van der Waals surface area contributed by atoms with Gasteiger partial charge in [0.05, 0.1) is 23.3 Å². The molecule has 4 aromatic carbocycles. The molecule has 243 valence electrons. The van der Waals surface area contributed by atoms with Crippen LogP contribution >= 0.6 is 0 Å². The summed E-state index contributed by atoms with van der Waals surface area (Å²) in [5.41, 5.74) is 15.2. The zero-order valence-corrected chi connectivity index (χ0v) is 29.4. The summed E-state index contributed by atoms with van der Waals surface area (Å²) in [5.74, 6) is 2.28. The minimum absolute atomic E-state index is 0. The number of rotatable bonds is 0. The average Bonchev–Trinajstić information content (AvgIpc) is 3.74. The van der Waals surface area contributed by atoms with Gasteiger partial charge in [0, 0.05) is 44.8 Å². The van der Waals surface area contributed by atoms with Crippen molar-refractivity contribution in [2.24, 2.45) is 0 Å². The number of hydrogen-bond donors (Lipinski definition) is 0. The maximum atomic E-state index is 5.14. The molecule has 5 heterocycles. The topological polar surface area (TPSA) is 106 Å². The minimum Gasteiger partial charge on any atom is -0.357 e. The first-order valence-corrected chi connectivity index (χ1v) is 16.2. The van der Waals surface area contributed by atoms with E-state index in [1.165, 1.54) is 0 Å². The van der Waals surface area contributed by atoms with Crippen molar-refractivity contribution >= 4 is 44.1 Å². The third-order valence-electron chi connectivity index (χ3n) is 10.2. The van der Waals surface area contributed by atoms with E-state index in [1.54, 1.807) is 0 Å². The van der Waals surface area contributed by atoms with Crippen molar-refractivity contribution in [3.63, 3.8) is 0 Å². The molecule has 3 aromatic heterocycles. The van der Waals surface area contributed by atoms with E-state index >= 15 is 0 Å². The van der Waals surface area contributed by atoms with Crippen LogP contribution in [0.2, 0.25) is 0 Å². The molecule has 49 heavy (non-hydrogen) atoms. The molecule has 8 nitrogen and oxygen atoms in total. The monoisotopic (exact) mass is 687 g/mol. The summed E-state index contributed by atoms with van der Waals surface area (Å²) in [7, 11) is 0. The van der Waals surface area contributed by atoms with Gasteiger partial charge < -0.3 is 29.9 Å². The van der Waals surface area contributed by atoms with Gasteiger partial charge in [-0.3, -0.25) is 0 Å². The number of hydrogen-bond acceptors (Lipinski definition) is 6. The number of nitrogens with zero attached hydrogens (tertiary/aromatic N) is 8. The molecule has 0 atom stereocenters. The van der Waals surface area contributed by atoms with E-state index in [0.717, 1.165) is 88.3 Å². The number of aryl methyl sites for hydroxylation is 8. The van der Waals surface area contributed by atoms with Crippen molar-refractivity contribution in [1.82, 2.24) is 39.9 Å². The Bertz CT molecular complexity index is 2400. The van der Waals surface area contributed by atoms with Crippen LogP contribution in [-0.4, -0.2) is 29.9 Å². The van der Waals surface area contributed by atoms with Gasteiger partial charge in [0.2, 0.25) is 0 Å². The van der Waals surface area contributed by atoms with E-state index in [-0.39, 0.29) is 17.1 Å². The van der Waals surface area contributed by atoms with Gasteiger partial charge in [-0.05, 0) is 146 Å². The normalized spacial score (nSPS) is 11.9. The summed E-state index contributed by atoms with van der Waals surface area (Å²) in [5, 5.41) is 3.69. The first-order valence-electron chi connectivity index (χ1n) is 16.2. The maximum Gasteiger partial charge on any atom is 2.00 e. The molecule has 0 unspecified atom stereocenters. The Morgan fingerprint density at radius 1 is 0.306 bits per heavy atom. The fourth-order valence-electron chi connectivity index (χ4n) is 6.71. The number of aromatic nitrogens is 8. The fourth-order valence-corrected chi connectivity index (χ4v) is 6.71. The Hall–Kier alpha value is -5.24. The molecule has 0 fully saturated rings. The van der Waals surface area contributed by atoms with Gasteiger partial charge in [0.15, 0.2) is 0 Å². The standard InChI is InChI=1S/C40H32N8.Cu/c1-17-9-25-26(10-18(17)2)34-41-33(25)45-35-27-11-19(3)20(4)12-28(27)37(42-35)47-39-31-15-23(7)24(8)16-32(31)40(44-39)48-38-30-14-22(6)21(5)13-29(30)36(43-38)46-34;/h9-16H,1-8H3;/q-2;+2. The molecule has 0 saturated heterocycles. The molecule has 2 aliphatic heterocycles. The zero-order chi connectivity index (χ0) is 33.2. The Morgan fingerprint density at radius 3 is 0.735 bits per heavy atom. The van der Waals surface area contributed by atoms with Gasteiger partial charge in [0.1, 0.15) is 0 Å². The van der Waals surface area contributed by atoms with Crippen molar-refractivity contribution in [2.75, 3.05) is 0 Å². The van der Waals surface area contributed by atoms with E-state index in [1.807, 2.05) is 0 Å². The quantitative estimate of drug-likeness (QED) is 0.146. The van der Waals surface area contributed by atoms with Crippen LogP contribution in [0.5, 0.6) is 0 Å². The average molecular weight is 688 g/mol. The predicted octanol–water partition coefficient (Wildman–Crippen LogP) is 8.59. The zero-order valence-electron chi connectivity index (χ0n) is 28.5. The van der Waals surface area contributed by atoms with E-state index < -0.39 is 0 Å². The molecular weight excluding hydrogens is 656 g/mol. The number of fused-ring (bicyclic) bond motifs is 20. The van der Waals surface area contributed by atoms with Crippen LogP contribution in [0.25, 0.3) is 89.7 Å². The summed E-state index contributed by atoms with van der Waals surface area (Å²) in [6.07, 6.45) is 0. The van der Waals surface area contributed by atoms with Gasteiger partial charge >= 0.3 is 17.1 Å². The van der Waals surface area contributed by atoms with Crippen molar-refractivity contribution in [3.8, 4) is 45.6 Å². The molecule has 0 saturated carbocycles. The second-order valence-electron chi connectivity index (χ2n) is 13.4. The minimum atomic E-state index is 0. The predicted molar refractivity (Wildman–Crippen MR) is 192 cm³/mol. The molecule has 0 aliphatic carbocycles. The van der Waals surface area contributed by atoms with E-state index in [4.69, 9.17) is 39.9 Å². The first kappa shape index (κ1) is 31.1. The largest absolute Gasteiger partial charge is 2.00 e. The van der Waals surface area contributed by atoms with E-state index in [0.29, 0.717) is 45.9 Å². The van der Waals surface area contributed by atoms with Crippen LogP contribution in [0.3, 0.4) is 0 Å².